The normalized spacial score (nSPS) is 22.0. The van der Waals surface area contributed by atoms with Gasteiger partial charge in [-0.1, -0.05) is 53.0 Å². The number of hydrogen-bond donors (Lipinski definition) is 4. The summed E-state index contributed by atoms with van der Waals surface area (Å²) < 4.78 is 35.9. The summed E-state index contributed by atoms with van der Waals surface area (Å²) in [5, 5.41) is 26.3. The number of fused-ring (bicyclic) bond motifs is 1. The second-order valence-electron chi connectivity index (χ2n) is 18.7. The molecule has 2 saturated heterocycles. The van der Waals surface area contributed by atoms with Gasteiger partial charge in [0.1, 0.15) is 22.8 Å². The number of nitrogens with zero attached hydrogens (tertiary/aromatic N) is 4. The summed E-state index contributed by atoms with van der Waals surface area (Å²) in [5.41, 5.74) is 3.68. The van der Waals surface area contributed by atoms with Crippen molar-refractivity contribution in [3.63, 3.8) is 0 Å². The molecule has 2 aromatic heterocycles. The number of carbonyl (C=O) groups excluding carboxylic acids is 1. The van der Waals surface area contributed by atoms with Crippen LogP contribution in [0.15, 0.2) is 90.1 Å². The highest BCUT2D eigenvalue weighted by Gasteiger charge is 2.55. The smallest absolute Gasteiger partial charge is 0.293 e. The maximum atomic E-state index is 13.9. The van der Waals surface area contributed by atoms with Gasteiger partial charge in [0.25, 0.3) is 21.6 Å². The molecule has 0 radical (unpaired) electrons. The van der Waals surface area contributed by atoms with Gasteiger partial charge in [-0.05, 0) is 124 Å². The lowest BCUT2D eigenvalue weighted by Gasteiger charge is -2.62. The van der Waals surface area contributed by atoms with Crippen molar-refractivity contribution in [2.45, 2.75) is 115 Å². The van der Waals surface area contributed by atoms with E-state index in [9.17, 15) is 28.4 Å². The topological polar surface area (TPSA) is 183 Å². The van der Waals surface area contributed by atoms with Crippen molar-refractivity contribution in [2.24, 2.45) is 11.3 Å². The van der Waals surface area contributed by atoms with E-state index in [-0.39, 0.29) is 43.2 Å². The maximum Gasteiger partial charge on any atom is 0.293 e. The number of amides is 1. The second kappa shape index (κ2) is 18.2. The molecule has 64 heavy (non-hydrogen) atoms. The molecule has 15 heteroatoms. The van der Waals surface area contributed by atoms with Gasteiger partial charge in [0.2, 0.25) is 0 Å². The zero-order valence-electron chi connectivity index (χ0n) is 35.5. The first kappa shape index (κ1) is 46.5. The molecule has 3 aromatic carbocycles. The van der Waals surface area contributed by atoms with Gasteiger partial charge in [0.15, 0.2) is 0 Å². The lowest BCUT2D eigenvalue weighted by Crippen LogP contribution is -2.66. The number of rotatable bonds is 13. The van der Waals surface area contributed by atoms with Gasteiger partial charge in [-0.15, -0.1) is 0 Å². The van der Waals surface area contributed by atoms with Gasteiger partial charge in [0.05, 0.1) is 27.2 Å². The fourth-order valence-electron chi connectivity index (χ4n) is 10.3. The molecule has 2 saturated carbocycles. The van der Waals surface area contributed by atoms with E-state index in [1.54, 1.807) is 24.4 Å². The number of ether oxygens (including phenoxy) is 1. The van der Waals surface area contributed by atoms with Crippen LogP contribution in [0.1, 0.15) is 120 Å². The largest absolute Gasteiger partial charge is 0.455 e. The van der Waals surface area contributed by atoms with E-state index in [1.165, 1.54) is 42.3 Å². The van der Waals surface area contributed by atoms with Crippen LogP contribution in [0.2, 0.25) is 0 Å². The quantitative estimate of drug-likeness (QED) is 0.0652. The highest BCUT2D eigenvalue weighted by molar-refractivity contribution is 7.90. The second-order valence-corrected chi connectivity index (χ2v) is 20.3. The van der Waals surface area contributed by atoms with E-state index >= 15 is 0 Å². The van der Waals surface area contributed by atoms with Crippen LogP contribution in [0.3, 0.4) is 0 Å². The average Bonchev–Trinajstić information content (AvgIpc) is 3.89. The zero-order valence-corrected chi connectivity index (χ0v) is 36.3. The van der Waals surface area contributed by atoms with Crippen LogP contribution in [0.4, 0.5) is 17.1 Å². The lowest BCUT2D eigenvalue weighted by molar-refractivity contribution is -0.384. The van der Waals surface area contributed by atoms with Crippen molar-refractivity contribution >= 4 is 44.0 Å². The van der Waals surface area contributed by atoms with Crippen molar-refractivity contribution in [3.05, 3.63) is 112 Å². The SMILES string of the molecule is C.C.CC(C)c1ccccc1[C@@H]1CCCN1C1CC2(C1)CN(c1ccc(C(=O)NS(=O)(=O)c3ccc(NCC4CCC(C)(O)CC4)c([N+](=O)[O-])c3)c(Oc3cnc4[nH]ccc4c3)c1)C2. The molecule has 4 aliphatic rings. The van der Waals surface area contributed by atoms with Gasteiger partial charge in [0, 0.05) is 66.5 Å². The Hall–Kier alpha value is -5.51. The first-order valence-corrected chi connectivity index (χ1v) is 23.3. The number of anilines is 2. The van der Waals surface area contributed by atoms with Crippen molar-refractivity contribution < 1.29 is 28.0 Å². The van der Waals surface area contributed by atoms with Gasteiger partial charge in [-0.2, -0.15) is 0 Å². The third kappa shape index (κ3) is 9.34. The van der Waals surface area contributed by atoms with E-state index in [0.29, 0.717) is 48.8 Å². The number of sulfonamides is 1. The number of aromatic amines is 1. The summed E-state index contributed by atoms with van der Waals surface area (Å²) in [4.78, 5) is 37.5. The van der Waals surface area contributed by atoms with Gasteiger partial charge in [-0.3, -0.25) is 19.8 Å². The monoisotopic (exact) mass is 893 g/mol. The molecule has 4 heterocycles. The van der Waals surface area contributed by atoms with Crippen LogP contribution in [0, 0.1) is 21.4 Å². The molecule has 0 bridgehead atoms. The average molecular weight is 894 g/mol. The molecule has 1 atom stereocenters. The summed E-state index contributed by atoms with van der Waals surface area (Å²) in [5.74, 6) is 0.261. The van der Waals surface area contributed by atoms with Crippen molar-refractivity contribution in [2.75, 3.05) is 36.4 Å². The van der Waals surface area contributed by atoms with Crippen LogP contribution in [0.25, 0.3) is 11.0 Å². The molecular formula is C49H63N7O7S. The Bertz CT molecular complexity index is 2600. The Morgan fingerprint density at radius 2 is 1.78 bits per heavy atom. The molecule has 14 nitrogen and oxygen atoms in total. The Morgan fingerprint density at radius 1 is 1.03 bits per heavy atom. The predicted molar refractivity (Wildman–Crippen MR) is 252 cm³/mol. The number of hydrogen-bond acceptors (Lipinski definition) is 11. The maximum absolute atomic E-state index is 13.9. The molecular weight excluding hydrogens is 831 g/mol. The van der Waals surface area contributed by atoms with Gasteiger partial charge >= 0.3 is 0 Å². The number of nitrogens with one attached hydrogen (secondary N) is 3. The number of benzene rings is 3. The third-order valence-electron chi connectivity index (χ3n) is 13.8. The molecule has 2 aliphatic carbocycles. The number of aliphatic hydroxyl groups is 1. The number of likely N-dealkylation sites (tertiary alicyclic amines) is 1. The minimum atomic E-state index is -4.56. The lowest BCUT2D eigenvalue weighted by atomic mass is 9.60. The van der Waals surface area contributed by atoms with Crippen LogP contribution < -0.4 is 19.7 Å². The molecule has 1 amide bonds. The minimum absolute atomic E-state index is 0. The number of H-pyrrole nitrogens is 1. The van der Waals surface area contributed by atoms with E-state index in [1.807, 2.05) is 19.1 Å². The fourth-order valence-corrected chi connectivity index (χ4v) is 11.3. The zero-order chi connectivity index (χ0) is 43.4. The first-order chi connectivity index (χ1) is 29.7. The standard InChI is InChI=1S/C47H55N7O7S.2CH4/c1-30(2)37-7-4-5-8-38(37)41-9-6-20-53(41)34-24-47(25-34)28-52(29-47)33-10-12-39(43(22-33)61-35-21-32-16-19-48-44(32)50-27-35)45(55)51-62(59,60)36-11-13-40(42(23-36)54(57)58)49-26-31-14-17-46(3,56)18-15-31;;/h4-5,7-8,10-13,16,19,21-23,27,30-31,34,41,49,56H,6,9,14-15,17-18,20,24-26,28-29H2,1-3H3,(H,48,50)(H,51,55);2*1H4/t31?,41-,46?;;/m0../s1. The fraction of sp³-hybridized carbons (Fsp3) is 0.469. The van der Waals surface area contributed by atoms with Crippen molar-refractivity contribution in [3.8, 4) is 11.5 Å². The molecule has 2 aliphatic heterocycles. The number of nitro groups is 1. The van der Waals surface area contributed by atoms with Crippen LogP contribution >= 0.6 is 0 Å². The number of pyridine rings is 1. The Kier molecular flexibility index (Phi) is 13.2. The molecule has 4 N–H and O–H groups in total. The Morgan fingerprint density at radius 3 is 2.52 bits per heavy atom. The molecule has 4 fully saturated rings. The van der Waals surface area contributed by atoms with Crippen molar-refractivity contribution in [1.82, 2.24) is 19.6 Å². The summed E-state index contributed by atoms with van der Waals surface area (Å²) in [7, 11) is -4.56. The van der Waals surface area contributed by atoms with E-state index < -0.39 is 37.0 Å². The van der Waals surface area contributed by atoms with E-state index in [4.69, 9.17) is 4.74 Å². The Balaban J connectivity index is 0.00000306. The summed E-state index contributed by atoms with van der Waals surface area (Å²) in [6.45, 7) is 9.66. The highest BCUT2D eigenvalue weighted by atomic mass is 32.2. The minimum Gasteiger partial charge on any atom is -0.455 e. The van der Waals surface area contributed by atoms with Crippen molar-refractivity contribution in [1.29, 1.82) is 0 Å². The molecule has 0 unspecified atom stereocenters. The summed E-state index contributed by atoms with van der Waals surface area (Å²) in [6.07, 6.45) is 10.8. The number of aromatic nitrogens is 2. The van der Waals surface area contributed by atoms with Gasteiger partial charge in [-0.25, -0.2) is 18.1 Å². The molecule has 9 rings (SSSR count). The Labute approximate surface area is 377 Å². The predicted octanol–water partition coefficient (Wildman–Crippen LogP) is 9.94. The first-order valence-electron chi connectivity index (χ1n) is 21.8. The van der Waals surface area contributed by atoms with E-state index in [2.05, 4.69) is 67.9 Å². The van der Waals surface area contributed by atoms with Gasteiger partial charge < -0.3 is 25.0 Å². The summed E-state index contributed by atoms with van der Waals surface area (Å²) in [6, 6.07) is 22.2. The summed E-state index contributed by atoms with van der Waals surface area (Å²) >= 11 is 0. The third-order valence-corrected chi connectivity index (χ3v) is 15.1. The van der Waals surface area contributed by atoms with Crippen LogP contribution in [0.5, 0.6) is 11.5 Å². The molecule has 1 spiro atoms. The number of nitro benzene ring substituents is 1. The number of carbonyl (C=O) groups is 1. The van der Waals surface area contributed by atoms with Crippen LogP contribution in [-0.4, -0.2) is 77.0 Å². The highest BCUT2D eigenvalue weighted by Crippen LogP contribution is 2.54. The molecule has 342 valence electrons. The molecule has 5 aromatic rings. The van der Waals surface area contributed by atoms with E-state index in [0.717, 1.165) is 62.5 Å². The van der Waals surface area contributed by atoms with Crippen LogP contribution in [-0.2, 0) is 10.0 Å².